The van der Waals surface area contributed by atoms with Gasteiger partial charge in [0.2, 0.25) is 0 Å². The lowest BCUT2D eigenvalue weighted by molar-refractivity contribution is -0.139. The Hall–Kier alpha value is -1.10. The van der Waals surface area contributed by atoms with Crippen LogP contribution in [0.2, 0.25) is 0 Å². The molecule has 1 aliphatic rings. The van der Waals surface area contributed by atoms with E-state index >= 15 is 0 Å². The van der Waals surface area contributed by atoms with Gasteiger partial charge in [-0.1, -0.05) is 6.92 Å². The van der Waals surface area contributed by atoms with Crippen LogP contribution in [0.5, 0.6) is 0 Å². The topological polar surface area (TPSA) is 264 Å². The van der Waals surface area contributed by atoms with Crippen molar-refractivity contribution in [1.82, 2.24) is 9.55 Å². The van der Waals surface area contributed by atoms with Crippen molar-refractivity contribution < 1.29 is 65.8 Å². The van der Waals surface area contributed by atoms with Gasteiger partial charge in [-0.3, -0.25) is 18.9 Å². The monoisotopic (exact) mass is 544 g/mol. The molecule has 1 aromatic heterocycles. The minimum atomic E-state index is -5.87. The van der Waals surface area contributed by atoms with Crippen molar-refractivity contribution >= 4 is 23.5 Å². The van der Waals surface area contributed by atoms with Gasteiger partial charge in [-0.05, 0) is 6.42 Å². The summed E-state index contributed by atoms with van der Waals surface area (Å²) >= 11 is 0. The minimum Gasteiger partial charge on any atom is -0.387 e. The Bertz CT molecular complexity index is 1130. The van der Waals surface area contributed by atoms with E-state index in [1.807, 2.05) is 4.98 Å². The lowest BCUT2D eigenvalue weighted by Crippen LogP contribution is -2.54. The number of hydrogen-bond donors (Lipinski definition) is 7. The second-order valence-electron chi connectivity index (χ2n) is 6.80. The molecule has 1 saturated heterocycles. The summed E-state index contributed by atoms with van der Waals surface area (Å²) in [5.74, 6) is 0. The molecule has 0 radical (unpaired) electrons. The smallest absolute Gasteiger partial charge is 0.387 e. The summed E-state index contributed by atoms with van der Waals surface area (Å²) in [7, 11) is -17.3. The Balaban J connectivity index is 2.33. The third-order valence-corrected chi connectivity index (χ3v) is 8.31. The molecule has 21 heteroatoms. The van der Waals surface area contributed by atoms with E-state index in [9.17, 15) is 42.8 Å². The minimum absolute atomic E-state index is 0.374. The molecule has 6 atom stereocenters. The molecule has 2 unspecified atom stereocenters. The number of nitrogens with zero attached hydrogens (tertiary/aromatic N) is 1. The van der Waals surface area contributed by atoms with Crippen LogP contribution in [-0.4, -0.2) is 69.9 Å². The quantitative estimate of drug-likeness (QED) is 0.167. The van der Waals surface area contributed by atoms with Crippen molar-refractivity contribution in [3.63, 3.8) is 0 Å². The Morgan fingerprint density at radius 3 is 2.27 bits per heavy atom. The molecule has 17 nitrogen and oxygen atoms in total. The molecule has 0 bridgehead atoms. The maximum atomic E-state index is 14.0. The molecule has 1 aliphatic heterocycles. The molecular weight excluding hydrogens is 524 g/mol. The normalized spacial score (nSPS) is 31.8. The van der Waals surface area contributed by atoms with E-state index in [4.69, 9.17) is 19.4 Å². The number of hydrogen-bond acceptors (Lipinski definition) is 11. The van der Waals surface area contributed by atoms with Gasteiger partial charge in [0.15, 0.2) is 11.8 Å². The van der Waals surface area contributed by atoms with Gasteiger partial charge in [0.25, 0.3) is 5.56 Å². The van der Waals surface area contributed by atoms with Crippen LogP contribution in [0.3, 0.4) is 0 Å². The third-order valence-electron chi connectivity index (χ3n) is 4.53. The summed E-state index contributed by atoms with van der Waals surface area (Å²) < 4.78 is 65.3. The Kier molecular flexibility index (Phi) is 8.11. The van der Waals surface area contributed by atoms with Crippen LogP contribution in [0.25, 0.3) is 0 Å². The maximum absolute atomic E-state index is 14.0. The van der Waals surface area contributed by atoms with E-state index in [1.54, 1.807) is 0 Å². The molecule has 33 heavy (non-hydrogen) atoms. The number of aliphatic hydroxyl groups excluding tert-OH is 1. The number of H-pyrrole nitrogens is 1. The van der Waals surface area contributed by atoms with Crippen molar-refractivity contribution in [1.29, 1.82) is 0 Å². The van der Waals surface area contributed by atoms with Gasteiger partial charge >= 0.3 is 29.2 Å². The lowest BCUT2D eigenvalue weighted by atomic mass is 9.85. The predicted molar refractivity (Wildman–Crippen MR) is 101 cm³/mol. The zero-order chi connectivity index (χ0) is 25.5. The highest BCUT2D eigenvalue weighted by Crippen LogP contribution is 2.66. The van der Waals surface area contributed by atoms with Crippen molar-refractivity contribution in [3.05, 3.63) is 33.1 Å². The number of aliphatic hydroxyl groups is 2. The number of halogens is 1. The van der Waals surface area contributed by atoms with Gasteiger partial charge in [-0.15, -0.1) is 0 Å². The average molecular weight is 544 g/mol. The van der Waals surface area contributed by atoms with E-state index in [-0.39, 0.29) is 6.42 Å². The number of ether oxygens (including phenoxy) is 1. The zero-order valence-corrected chi connectivity index (χ0v) is 19.1. The Morgan fingerprint density at radius 2 is 1.79 bits per heavy atom. The number of alkyl halides is 1. The number of nitrogens with one attached hydrogen (secondary N) is 1. The predicted octanol–water partition coefficient (Wildman–Crippen LogP) is -1.38. The lowest BCUT2D eigenvalue weighted by Gasteiger charge is -2.32. The highest BCUT2D eigenvalue weighted by molar-refractivity contribution is 7.66. The summed E-state index contributed by atoms with van der Waals surface area (Å²) in [4.78, 5) is 61.0. The van der Waals surface area contributed by atoms with Gasteiger partial charge in [0.1, 0.15) is 18.4 Å². The molecule has 0 amide bonds. The Labute approximate surface area is 182 Å². The maximum Gasteiger partial charge on any atom is 0.490 e. The van der Waals surface area contributed by atoms with Crippen molar-refractivity contribution in [2.24, 2.45) is 0 Å². The average Bonchev–Trinajstić information content (AvgIpc) is 2.86. The van der Waals surface area contributed by atoms with Gasteiger partial charge in [0, 0.05) is 12.3 Å². The van der Waals surface area contributed by atoms with Crippen LogP contribution in [-0.2, 0) is 31.6 Å². The zero-order valence-electron chi connectivity index (χ0n) is 16.5. The van der Waals surface area contributed by atoms with Crippen molar-refractivity contribution in [2.75, 3.05) is 13.3 Å². The highest BCUT2D eigenvalue weighted by atomic mass is 31.3. The summed E-state index contributed by atoms with van der Waals surface area (Å²) in [6, 6.07) is 0.856. The summed E-state index contributed by atoms with van der Waals surface area (Å²) in [5, 5.41) is 21.5. The second kappa shape index (κ2) is 9.51. The fraction of sp³-hybridized carbons (Fsp3) is 0.667. The molecular formula is C12H20FN2O15P3. The summed E-state index contributed by atoms with van der Waals surface area (Å²) in [6.45, 7) is -1.83. The van der Waals surface area contributed by atoms with Gasteiger partial charge in [0.05, 0.1) is 6.61 Å². The molecule has 0 aliphatic carbocycles. The number of aromatic amines is 1. The fourth-order valence-electron chi connectivity index (χ4n) is 3.01. The van der Waals surface area contributed by atoms with Crippen LogP contribution in [0.4, 0.5) is 4.39 Å². The molecule has 1 fully saturated rings. The first-order valence-corrected chi connectivity index (χ1v) is 13.2. The molecule has 1 aromatic rings. The molecule has 0 saturated carbocycles. The van der Waals surface area contributed by atoms with E-state index in [1.165, 1.54) is 6.92 Å². The van der Waals surface area contributed by atoms with E-state index < -0.39 is 71.5 Å². The van der Waals surface area contributed by atoms with Crippen molar-refractivity contribution in [2.45, 2.75) is 36.9 Å². The van der Waals surface area contributed by atoms with Gasteiger partial charge in [-0.25, -0.2) is 22.9 Å². The largest absolute Gasteiger partial charge is 0.490 e. The molecule has 0 spiro atoms. The van der Waals surface area contributed by atoms with Crippen LogP contribution in [0.1, 0.15) is 19.6 Å². The SMILES string of the molecule is CC[C@@]1(O)[C@H](O)[C@@](CF)(COP(=O)(O)OP(=O)(O)OP(=O)(O)O)O[C@H]1n1ccc(=O)[nH]c1=O. The fourth-order valence-corrected chi connectivity index (χ4v) is 6.08. The molecule has 7 N–H and O–H groups in total. The number of phosphoric acid groups is 3. The number of phosphoric ester groups is 1. The summed E-state index contributed by atoms with van der Waals surface area (Å²) in [6.07, 6.45) is -3.59. The van der Waals surface area contributed by atoms with Gasteiger partial charge < -0.3 is 34.5 Å². The van der Waals surface area contributed by atoms with E-state index in [2.05, 4.69) is 13.1 Å². The first-order chi connectivity index (χ1) is 14.9. The number of aromatic nitrogens is 2. The van der Waals surface area contributed by atoms with Crippen LogP contribution >= 0.6 is 23.5 Å². The Morgan fingerprint density at radius 1 is 1.18 bits per heavy atom. The summed E-state index contributed by atoms with van der Waals surface area (Å²) in [5.41, 5.74) is -7.00. The molecule has 190 valence electrons. The van der Waals surface area contributed by atoms with Gasteiger partial charge in [-0.2, -0.15) is 8.62 Å². The molecule has 0 aromatic carbocycles. The van der Waals surface area contributed by atoms with Crippen LogP contribution in [0, 0.1) is 0 Å². The second-order valence-corrected chi connectivity index (χ2v) is 11.2. The molecule has 2 rings (SSSR count). The van der Waals surface area contributed by atoms with Crippen LogP contribution in [0.15, 0.2) is 21.9 Å². The highest BCUT2D eigenvalue weighted by Gasteiger charge is 2.64. The first kappa shape index (κ1) is 28.1. The standard InChI is InChI=1S/C12H20FN2O15P3/c1-2-12(19)8(17)11(5-13,28-9(12)15-4-3-7(16)14-10(15)18)6-27-32(23,24)30-33(25,26)29-31(20,21)22/h3-4,8-9,17,19H,2,5-6H2,1H3,(H,23,24)(H,25,26)(H,14,16,18)(H2,20,21,22)/t8-,9-,11-,12-/m1/s1. The number of rotatable bonds is 10. The first-order valence-electron chi connectivity index (χ1n) is 8.64. The molecule has 2 heterocycles. The van der Waals surface area contributed by atoms with Crippen LogP contribution < -0.4 is 11.2 Å². The van der Waals surface area contributed by atoms with E-state index in [0.29, 0.717) is 4.57 Å². The van der Waals surface area contributed by atoms with E-state index in [0.717, 1.165) is 12.3 Å². The van der Waals surface area contributed by atoms with Crippen molar-refractivity contribution in [3.8, 4) is 0 Å². The third kappa shape index (κ3) is 6.32.